The summed E-state index contributed by atoms with van der Waals surface area (Å²) in [6.07, 6.45) is 0.817. The van der Waals surface area contributed by atoms with Crippen LogP contribution in [-0.4, -0.2) is 36.1 Å². The lowest BCUT2D eigenvalue weighted by Crippen LogP contribution is -2.38. The summed E-state index contributed by atoms with van der Waals surface area (Å²) in [6.45, 7) is 2.32. The van der Waals surface area contributed by atoms with Gasteiger partial charge in [0.2, 0.25) is 11.8 Å². The van der Waals surface area contributed by atoms with Gasteiger partial charge in [-0.15, -0.1) is 0 Å². The molecule has 5 heteroatoms. The van der Waals surface area contributed by atoms with Crippen molar-refractivity contribution in [3.05, 3.63) is 0 Å². The summed E-state index contributed by atoms with van der Waals surface area (Å²) in [4.78, 5) is 22.3. The maximum Gasteiger partial charge on any atom is 0.225 e. The largest absolute Gasteiger partial charge is 0.396 e. The van der Waals surface area contributed by atoms with Crippen LogP contribution in [0, 0.1) is 5.92 Å². The first kappa shape index (κ1) is 11.0. The van der Waals surface area contributed by atoms with Gasteiger partial charge in [0, 0.05) is 25.6 Å². The summed E-state index contributed by atoms with van der Waals surface area (Å²) in [7, 11) is 0. The second-order valence-electron chi connectivity index (χ2n) is 3.63. The van der Waals surface area contributed by atoms with Crippen LogP contribution in [0.3, 0.4) is 0 Å². The Morgan fingerprint density at radius 2 is 2.50 bits per heavy atom. The van der Waals surface area contributed by atoms with Crippen molar-refractivity contribution < 1.29 is 14.7 Å². The van der Waals surface area contributed by atoms with Crippen LogP contribution in [0.4, 0.5) is 0 Å². The minimum Gasteiger partial charge on any atom is -0.396 e. The number of rotatable bonds is 4. The van der Waals surface area contributed by atoms with Gasteiger partial charge in [-0.05, 0) is 13.3 Å². The van der Waals surface area contributed by atoms with Crippen LogP contribution in [0.1, 0.15) is 19.8 Å². The van der Waals surface area contributed by atoms with Gasteiger partial charge >= 0.3 is 0 Å². The quantitative estimate of drug-likeness (QED) is 0.545. The van der Waals surface area contributed by atoms with E-state index < -0.39 is 0 Å². The fraction of sp³-hybridized carbons (Fsp3) is 0.778. The normalized spacial score (nSPS) is 23.0. The standard InChI is InChI=1S/C9H16N2O3/c1-6(2-3-12)11-9(14)7-4-8(13)10-5-7/h6-7,12H,2-5H2,1H3,(H,10,13)(H,11,14). The molecule has 1 aliphatic heterocycles. The van der Waals surface area contributed by atoms with E-state index in [1.165, 1.54) is 0 Å². The fourth-order valence-electron chi connectivity index (χ4n) is 1.42. The number of hydrogen-bond acceptors (Lipinski definition) is 3. The van der Waals surface area contributed by atoms with Gasteiger partial charge in [-0.25, -0.2) is 0 Å². The third-order valence-corrected chi connectivity index (χ3v) is 2.30. The average Bonchev–Trinajstić information content (AvgIpc) is 2.52. The van der Waals surface area contributed by atoms with Gasteiger partial charge in [-0.3, -0.25) is 9.59 Å². The molecule has 0 radical (unpaired) electrons. The van der Waals surface area contributed by atoms with Crippen molar-refractivity contribution in [2.45, 2.75) is 25.8 Å². The Balaban J connectivity index is 2.31. The Morgan fingerprint density at radius 3 is 3.00 bits per heavy atom. The molecule has 5 nitrogen and oxygen atoms in total. The van der Waals surface area contributed by atoms with Crippen molar-refractivity contribution in [3.8, 4) is 0 Å². The highest BCUT2D eigenvalue weighted by molar-refractivity contribution is 5.89. The Morgan fingerprint density at radius 1 is 1.79 bits per heavy atom. The van der Waals surface area contributed by atoms with E-state index >= 15 is 0 Å². The number of amides is 2. The zero-order valence-corrected chi connectivity index (χ0v) is 8.25. The predicted octanol–water partition coefficient (Wildman–Crippen LogP) is -0.990. The second kappa shape index (κ2) is 4.95. The molecule has 0 aromatic carbocycles. The molecule has 2 amide bonds. The lowest BCUT2D eigenvalue weighted by Gasteiger charge is -2.14. The van der Waals surface area contributed by atoms with E-state index in [2.05, 4.69) is 10.6 Å². The van der Waals surface area contributed by atoms with E-state index in [4.69, 9.17) is 5.11 Å². The van der Waals surface area contributed by atoms with Gasteiger partial charge in [0.15, 0.2) is 0 Å². The number of aliphatic hydroxyl groups is 1. The first-order chi connectivity index (χ1) is 6.63. The van der Waals surface area contributed by atoms with Crippen LogP contribution in [0.15, 0.2) is 0 Å². The molecule has 1 rings (SSSR count). The first-order valence-electron chi connectivity index (χ1n) is 4.81. The van der Waals surface area contributed by atoms with Crippen LogP contribution in [0.5, 0.6) is 0 Å². The minimum absolute atomic E-state index is 0.0387. The Kier molecular flexibility index (Phi) is 3.88. The maximum absolute atomic E-state index is 11.5. The van der Waals surface area contributed by atoms with E-state index in [1.54, 1.807) is 0 Å². The van der Waals surface area contributed by atoms with E-state index in [9.17, 15) is 9.59 Å². The topological polar surface area (TPSA) is 78.4 Å². The first-order valence-corrected chi connectivity index (χ1v) is 4.81. The number of carbonyl (C=O) groups excluding carboxylic acids is 2. The maximum atomic E-state index is 11.5. The Hall–Kier alpha value is -1.10. The molecule has 1 saturated heterocycles. The SMILES string of the molecule is CC(CCO)NC(=O)C1CNC(=O)C1. The highest BCUT2D eigenvalue weighted by Gasteiger charge is 2.28. The molecule has 1 aliphatic rings. The lowest BCUT2D eigenvalue weighted by molar-refractivity contribution is -0.127. The fourth-order valence-corrected chi connectivity index (χ4v) is 1.42. The van der Waals surface area contributed by atoms with Crippen LogP contribution >= 0.6 is 0 Å². The molecule has 2 atom stereocenters. The monoisotopic (exact) mass is 200 g/mol. The molecule has 14 heavy (non-hydrogen) atoms. The van der Waals surface area contributed by atoms with E-state index in [1.807, 2.05) is 6.92 Å². The van der Waals surface area contributed by atoms with Gasteiger partial charge in [0.05, 0.1) is 5.92 Å². The van der Waals surface area contributed by atoms with Crippen LogP contribution in [0.2, 0.25) is 0 Å². The molecule has 0 spiro atoms. The van der Waals surface area contributed by atoms with Crippen molar-refractivity contribution in [1.82, 2.24) is 10.6 Å². The van der Waals surface area contributed by atoms with Crippen LogP contribution in [0.25, 0.3) is 0 Å². The van der Waals surface area contributed by atoms with Crippen molar-refractivity contribution in [1.29, 1.82) is 0 Å². The molecule has 0 aromatic rings. The average molecular weight is 200 g/mol. The molecular weight excluding hydrogens is 184 g/mol. The highest BCUT2D eigenvalue weighted by atomic mass is 16.3. The summed E-state index contributed by atoms with van der Waals surface area (Å²) >= 11 is 0. The van der Waals surface area contributed by atoms with E-state index in [-0.39, 0.29) is 36.8 Å². The number of aliphatic hydroxyl groups excluding tert-OH is 1. The molecule has 0 saturated carbocycles. The molecule has 0 aliphatic carbocycles. The van der Waals surface area contributed by atoms with Gasteiger partial charge in [0.1, 0.15) is 0 Å². The summed E-state index contributed by atoms with van der Waals surface area (Å²) in [5, 5.41) is 14.0. The van der Waals surface area contributed by atoms with E-state index in [0.717, 1.165) is 0 Å². The van der Waals surface area contributed by atoms with Crippen LogP contribution in [-0.2, 0) is 9.59 Å². The zero-order valence-electron chi connectivity index (χ0n) is 8.25. The summed E-state index contributed by atoms with van der Waals surface area (Å²) in [5.41, 5.74) is 0. The van der Waals surface area contributed by atoms with Crippen molar-refractivity contribution in [2.24, 2.45) is 5.92 Å². The smallest absolute Gasteiger partial charge is 0.225 e. The number of nitrogens with one attached hydrogen (secondary N) is 2. The Bertz CT molecular complexity index is 230. The summed E-state index contributed by atoms with van der Waals surface area (Å²) in [6, 6.07) is -0.0387. The van der Waals surface area contributed by atoms with Crippen molar-refractivity contribution >= 4 is 11.8 Å². The van der Waals surface area contributed by atoms with E-state index in [0.29, 0.717) is 13.0 Å². The molecule has 1 fully saturated rings. The number of hydrogen-bond donors (Lipinski definition) is 3. The lowest BCUT2D eigenvalue weighted by atomic mass is 10.1. The van der Waals surface area contributed by atoms with Gasteiger partial charge in [0.25, 0.3) is 0 Å². The van der Waals surface area contributed by atoms with Gasteiger partial charge in [-0.1, -0.05) is 0 Å². The summed E-state index contributed by atoms with van der Waals surface area (Å²) in [5.74, 6) is -0.423. The van der Waals surface area contributed by atoms with Gasteiger partial charge in [-0.2, -0.15) is 0 Å². The van der Waals surface area contributed by atoms with Crippen LogP contribution < -0.4 is 10.6 Å². The third-order valence-electron chi connectivity index (χ3n) is 2.30. The minimum atomic E-state index is -0.247. The molecular formula is C9H16N2O3. The molecule has 2 unspecified atom stereocenters. The molecule has 1 heterocycles. The molecule has 80 valence electrons. The zero-order chi connectivity index (χ0) is 10.6. The molecule has 0 aromatic heterocycles. The Labute approximate surface area is 82.9 Å². The summed E-state index contributed by atoms with van der Waals surface area (Å²) < 4.78 is 0. The highest BCUT2D eigenvalue weighted by Crippen LogP contribution is 2.09. The number of carbonyl (C=O) groups is 2. The molecule has 3 N–H and O–H groups in total. The van der Waals surface area contributed by atoms with Gasteiger partial charge < -0.3 is 15.7 Å². The third kappa shape index (κ3) is 2.99. The second-order valence-corrected chi connectivity index (χ2v) is 3.63. The predicted molar refractivity (Wildman–Crippen MR) is 50.4 cm³/mol. The van der Waals surface area contributed by atoms with Crippen molar-refractivity contribution in [2.75, 3.05) is 13.2 Å². The van der Waals surface area contributed by atoms with Crippen molar-refractivity contribution in [3.63, 3.8) is 0 Å². The molecule has 0 bridgehead atoms.